The first kappa shape index (κ1) is 25.2. The topological polar surface area (TPSA) is 138 Å². The number of hydrogen-bond acceptors (Lipinski definition) is 9. The van der Waals surface area contributed by atoms with Crippen LogP contribution in [0.15, 0.2) is 24.3 Å². The quantitative estimate of drug-likeness (QED) is 0.336. The number of aryl methyl sites for hydroxylation is 1. The maximum Gasteiger partial charge on any atom is 0.341 e. The number of anilines is 2. The molecule has 3 amide bonds. The molecule has 1 saturated heterocycles. The lowest BCUT2D eigenvalue weighted by molar-refractivity contribution is -0.126. The van der Waals surface area contributed by atoms with Crippen LogP contribution in [0.5, 0.6) is 0 Å². The fourth-order valence-electron chi connectivity index (χ4n) is 4.06. The minimum atomic E-state index is -0.718. The lowest BCUT2D eigenvalue weighted by atomic mass is 10.0. The second-order valence-corrected chi connectivity index (χ2v) is 10.2. The molecule has 2 unspecified atom stereocenters. The lowest BCUT2D eigenvalue weighted by Crippen LogP contribution is -2.60. The number of ether oxygens (including phenoxy) is 1. The normalized spacial score (nSPS) is 19.0. The second-order valence-electron chi connectivity index (χ2n) is 8.02. The minimum Gasteiger partial charge on any atom is -0.462 e. The number of hydrazine groups is 1. The monoisotopic (exact) mass is 517 g/mol. The summed E-state index contributed by atoms with van der Waals surface area (Å²) in [5.74, 6) is -1.17. The van der Waals surface area contributed by atoms with Gasteiger partial charge in [0.05, 0.1) is 17.9 Å². The Morgan fingerprint density at radius 2 is 1.97 bits per heavy atom. The van der Waals surface area contributed by atoms with Crippen LogP contribution in [0.3, 0.4) is 0 Å². The lowest BCUT2D eigenvalue weighted by Gasteiger charge is -2.31. The van der Waals surface area contributed by atoms with Crippen LogP contribution >= 0.6 is 23.1 Å². The van der Waals surface area contributed by atoms with Gasteiger partial charge in [-0.15, -0.1) is 23.1 Å². The minimum absolute atomic E-state index is 0.0532. The Kier molecular flexibility index (Phi) is 8.06. The molecule has 1 aliphatic carbocycles. The molecule has 1 fully saturated rings. The molecule has 10 nitrogen and oxygen atoms in total. The average molecular weight is 518 g/mol. The van der Waals surface area contributed by atoms with Crippen LogP contribution in [-0.4, -0.2) is 41.5 Å². The zero-order valence-corrected chi connectivity index (χ0v) is 21.0. The average Bonchev–Trinajstić information content (AvgIpc) is 3.39. The van der Waals surface area contributed by atoms with Gasteiger partial charge in [-0.25, -0.2) is 15.6 Å². The van der Waals surface area contributed by atoms with Crippen molar-refractivity contribution in [3.05, 3.63) is 45.8 Å². The van der Waals surface area contributed by atoms with Crippen LogP contribution in [0.4, 0.5) is 10.7 Å². The van der Waals surface area contributed by atoms with Crippen molar-refractivity contribution in [3.8, 4) is 0 Å². The van der Waals surface area contributed by atoms with Gasteiger partial charge in [0, 0.05) is 23.1 Å². The van der Waals surface area contributed by atoms with E-state index in [2.05, 4.69) is 26.8 Å². The molecule has 1 aromatic heterocycles. The summed E-state index contributed by atoms with van der Waals surface area (Å²) >= 11 is 2.62. The number of para-hydroxylation sites is 1. The van der Waals surface area contributed by atoms with Crippen LogP contribution in [0.25, 0.3) is 0 Å². The summed E-state index contributed by atoms with van der Waals surface area (Å²) < 4.78 is 5.20. The van der Waals surface area contributed by atoms with Gasteiger partial charge < -0.3 is 20.7 Å². The predicted molar refractivity (Wildman–Crippen MR) is 135 cm³/mol. The number of fused-ring (bicyclic) bond motifs is 1. The summed E-state index contributed by atoms with van der Waals surface area (Å²) in [7, 11) is 0. The van der Waals surface area contributed by atoms with Gasteiger partial charge in [-0.05, 0) is 37.8 Å². The van der Waals surface area contributed by atoms with Crippen molar-refractivity contribution in [2.24, 2.45) is 0 Å². The van der Waals surface area contributed by atoms with Gasteiger partial charge in [0.15, 0.2) is 0 Å². The Morgan fingerprint density at radius 3 is 2.71 bits per heavy atom. The summed E-state index contributed by atoms with van der Waals surface area (Å²) in [4.78, 5) is 50.5. The molecule has 2 heterocycles. The van der Waals surface area contributed by atoms with Gasteiger partial charge in [-0.3, -0.25) is 14.4 Å². The van der Waals surface area contributed by atoms with E-state index >= 15 is 0 Å². The highest BCUT2D eigenvalue weighted by atomic mass is 32.2. The van der Waals surface area contributed by atoms with E-state index in [-0.39, 0.29) is 30.1 Å². The number of nitrogens with one attached hydrogen (secondary N) is 5. The number of benzene rings is 1. The number of hydrogen-bond donors (Lipinski definition) is 5. The highest BCUT2D eigenvalue weighted by Crippen LogP contribution is 2.39. The van der Waals surface area contributed by atoms with Gasteiger partial charge >= 0.3 is 5.97 Å². The molecule has 2 aromatic rings. The third-order valence-electron chi connectivity index (χ3n) is 5.51. The van der Waals surface area contributed by atoms with Gasteiger partial charge in [0.2, 0.25) is 17.7 Å². The molecule has 12 heteroatoms. The number of thiophene rings is 1. The van der Waals surface area contributed by atoms with Crippen LogP contribution < -0.4 is 26.8 Å². The van der Waals surface area contributed by atoms with Crippen molar-refractivity contribution in [1.82, 2.24) is 16.2 Å². The van der Waals surface area contributed by atoms with E-state index in [9.17, 15) is 19.2 Å². The van der Waals surface area contributed by atoms with Crippen LogP contribution in [0.2, 0.25) is 0 Å². The van der Waals surface area contributed by atoms with E-state index < -0.39 is 17.5 Å². The fraction of sp³-hybridized carbons (Fsp3) is 0.391. The highest BCUT2D eigenvalue weighted by molar-refractivity contribution is 8.00. The van der Waals surface area contributed by atoms with Crippen molar-refractivity contribution in [2.75, 3.05) is 23.0 Å². The maximum absolute atomic E-state index is 12.7. The van der Waals surface area contributed by atoms with Crippen LogP contribution in [0, 0.1) is 0 Å². The number of thioether (sulfide) groups is 1. The SMILES string of the molecule is CCOC(=O)c1c(NC(=O)CSC2NNC(c3ccccc3NC(C)=O)C(=O)N2)sc2c1CCC2. The number of carbonyl (C=O) groups excluding carboxylic acids is 4. The van der Waals surface area contributed by atoms with E-state index in [4.69, 9.17) is 4.74 Å². The Morgan fingerprint density at radius 1 is 1.17 bits per heavy atom. The molecule has 1 aromatic carbocycles. The predicted octanol–water partition coefficient (Wildman–Crippen LogP) is 2.29. The first-order valence-corrected chi connectivity index (χ1v) is 13.1. The molecule has 5 N–H and O–H groups in total. The molecule has 4 rings (SSSR count). The van der Waals surface area contributed by atoms with E-state index in [0.29, 0.717) is 21.8 Å². The van der Waals surface area contributed by atoms with Crippen molar-refractivity contribution >= 4 is 57.5 Å². The van der Waals surface area contributed by atoms with E-state index in [1.54, 1.807) is 31.2 Å². The number of amides is 3. The molecular formula is C23H27N5O5S2. The Balaban J connectivity index is 1.34. The standard InChI is InChI=1S/C23H27N5O5S2/c1-3-33-22(32)18-14-8-6-10-16(14)35-21(18)25-17(30)11-34-23-26-20(31)19(27-28-23)13-7-4-5-9-15(13)24-12(2)29/h4-5,7,9,19,23,27-28H,3,6,8,10-11H2,1-2H3,(H,24,29)(H,25,30)(H,26,31). The van der Waals surface area contributed by atoms with Crippen molar-refractivity contribution in [3.63, 3.8) is 0 Å². The largest absolute Gasteiger partial charge is 0.462 e. The Bertz CT molecular complexity index is 1150. The van der Waals surface area contributed by atoms with Gasteiger partial charge in [-0.2, -0.15) is 0 Å². The maximum atomic E-state index is 12.7. The van der Waals surface area contributed by atoms with Gasteiger partial charge in [0.25, 0.3) is 0 Å². The summed E-state index contributed by atoms with van der Waals surface area (Å²) in [6.45, 7) is 3.42. The molecule has 2 aliphatic rings. The second kappa shape index (κ2) is 11.2. The highest BCUT2D eigenvalue weighted by Gasteiger charge is 2.31. The molecule has 0 saturated carbocycles. The first-order chi connectivity index (χ1) is 16.9. The molecular weight excluding hydrogens is 490 g/mol. The van der Waals surface area contributed by atoms with Crippen LogP contribution in [-0.2, 0) is 32.0 Å². The van der Waals surface area contributed by atoms with Gasteiger partial charge in [-0.1, -0.05) is 18.2 Å². The van der Waals surface area contributed by atoms with Crippen LogP contribution in [0.1, 0.15) is 52.7 Å². The third-order valence-corrected chi connectivity index (χ3v) is 7.72. The zero-order chi connectivity index (χ0) is 24.9. The molecule has 0 spiro atoms. The smallest absolute Gasteiger partial charge is 0.341 e. The molecule has 186 valence electrons. The molecule has 1 aliphatic heterocycles. The van der Waals surface area contributed by atoms with E-state index in [1.807, 2.05) is 0 Å². The van der Waals surface area contributed by atoms with E-state index in [1.165, 1.54) is 30.0 Å². The summed E-state index contributed by atoms with van der Waals surface area (Å²) in [6.07, 6.45) is 2.70. The third kappa shape index (κ3) is 5.84. The van der Waals surface area contributed by atoms with Gasteiger partial charge in [0.1, 0.15) is 16.5 Å². The molecule has 35 heavy (non-hydrogen) atoms. The van der Waals surface area contributed by atoms with E-state index in [0.717, 1.165) is 29.7 Å². The molecule has 2 atom stereocenters. The Hall–Kier alpha value is -2.93. The zero-order valence-electron chi connectivity index (χ0n) is 19.4. The number of esters is 1. The van der Waals surface area contributed by atoms with Crippen molar-refractivity contribution in [1.29, 1.82) is 0 Å². The molecule has 0 bridgehead atoms. The summed E-state index contributed by atoms with van der Waals surface area (Å²) in [5, 5.41) is 8.92. The Labute approximate surface area is 210 Å². The van der Waals surface area contributed by atoms with Crippen molar-refractivity contribution < 1.29 is 23.9 Å². The number of rotatable bonds is 8. The fourth-order valence-corrected chi connectivity index (χ4v) is 6.10. The first-order valence-electron chi connectivity index (χ1n) is 11.3. The number of carbonyl (C=O) groups is 4. The molecule has 0 radical (unpaired) electrons. The van der Waals surface area contributed by atoms with Crippen molar-refractivity contribution in [2.45, 2.75) is 44.6 Å². The summed E-state index contributed by atoms with van der Waals surface area (Å²) in [5.41, 5.74) is 8.01. The summed E-state index contributed by atoms with van der Waals surface area (Å²) in [6, 6.07) is 6.32.